The van der Waals surface area contributed by atoms with Gasteiger partial charge < -0.3 is 10.3 Å². The van der Waals surface area contributed by atoms with Crippen LogP contribution >= 0.6 is 11.3 Å². The van der Waals surface area contributed by atoms with Crippen molar-refractivity contribution in [3.05, 3.63) is 41.0 Å². The molecule has 0 bridgehead atoms. The molecule has 1 aromatic carbocycles. The van der Waals surface area contributed by atoms with Gasteiger partial charge in [-0.25, -0.2) is 0 Å². The van der Waals surface area contributed by atoms with Crippen molar-refractivity contribution in [2.45, 2.75) is 39.0 Å². The summed E-state index contributed by atoms with van der Waals surface area (Å²) in [6.07, 6.45) is 6.28. The van der Waals surface area contributed by atoms with Crippen LogP contribution in [0.4, 0.5) is 5.13 Å². The molecule has 0 radical (unpaired) electrons. The zero-order chi connectivity index (χ0) is 16.1. The molecule has 0 aliphatic rings. The summed E-state index contributed by atoms with van der Waals surface area (Å²) in [4.78, 5) is 15.3. The Bertz CT molecular complexity index is 793. The lowest BCUT2D eigenvalue weighted by atomic mass is 10.1. The van der Waals surface area contributed by atoms with Gasteiger partial charge in [-0.05, 0) is 24.5 Å². The number of anilines is 1. The average Bonchev–Trinajstić information content (AvgIpc) is 3.18. The average molecular weight is 328 g/mol. The fourth-order valence-corrected chi connectivity index (χ4v) is 3.30. The van der Waals surface area contributed by atoms with Gasteiger partial charge in [0.1, 0.15) is 5.01 Å². The lowest BCUT2D eigenvalue weighted by molar-refractivity contribution is -0.116. The van der Waals surface area contributed by atoms with Crippen LogP contribution in [0.1, 0.15) is 36.8 Å². The lowest BCUT2D eigenvalue weighted by Crippen LogP contribution is -2.12. The van der Waals surface area contributed by atoms with Crippen LogP contribution in [0.3, 0.4) is 0 Å². The Balaban J connectivity index is 1.54. The molecule has 0 aliphatic heterocycles. The Morgan fingerprint density at radius 1 is 1.26 bits per heavy atom. The Hall–Kier alpha value is -2.21. The SMILES string of the molecule is CCCCc1nnc(NC(=O)CCc2c[nH]c3ccccc23)s1. The van der Waals surface area contributed by atoms with Crippen molar-refractivity contribution >= 4 is 33.3 Å². The number of hydrogen-bond donors (Lipinski definition) is 2. The van der Waals surface area contributed by atoms with E-state index in [4.69, 9.17) is 0 Å². The zero-order valence-corrected chi connectivity index (χ0v) is 13.9. The first-order chi connectivity index (χ1) is 11.3. The van der Waals surface area contributed by atoms with Gasteiger partial charge in [0.25, 0.3) is 0 Å². The summed E-state index contributed by atoms with van der Waals surface area (Å²) in [6.45, 7) is 2.15. The maximum absolute atomic E-state index is 12.1. The minimum Gasteiger partial charge on any atom is -0.361 e. The molecule has 0 unspecified atom stereocenters. The van der Waals surface area contributed by atoms with Gasteiger partial charge in [0.05, 0.1) is 0 Å². The fourth-order valence-electron chi connectivity index (χ4n) is 2.50. The van der Waals surface area contributed by atoms with Gasteiger partial charge in [-0.3, -0.25) is 4.79 Å². The molecule has 2 N–H and O–H groups in total. The monoisotopic (exact) mass is 328 g/mol. The van der Waals surface area contributed by atoms with E-state index in [0.717, 1.165) is 35.4 Å². The van der Waals surface area contributed by atoms with E-state index in [-0.39, 0.29) is 5.91 Å². The van der Waals surface area contributed by atoms with Gasteiger partial charge in [-0.2, -0.15) is 0 Å². The molecule has 2 heterocycles. The maximum Gasteiger partial charge on any atom is 0.226 e. The number of para-hydroxylation sites is 1. The number of aromatic nitrogens is 3. The second kappa shape index (κ2) is 7.37. The maximum atomic E-state index is 12.1. The molecule has 120 valence electrons. The first-order valence-electron chi connectivity index (χ1n) is 7.93. The number of hydrogen-bond acceptors (Lipinski definition) is 4. The Morgan fingerprint density at radius 3 is 3.00 bits per heavy atom. The van der Waals surface area contributed by atoms with Crippen molar-refractivity contribution in [1.29, 1.82) is 0 Å². The predicted octanol–water partition coefficient (Wildman–Crippen LogP) is 3.93. The van der Waals surface area contributed by atoms with Gasteiger partial charge in [0.2, 0.25) is 11.0 Å². The highest BCUT2D eigenvalue weighted by Crippen LogP contribution is 2.20. The van der Waals surface area contributed by atoms with Crippen molar-refractivity contribution in [1.82, 2.24) is 15.2 Å². The highest BCUT2D eigenvalue weighted by atomic mass is 32.1. The van der Waals surface area contributed by atoms with Crippen LogP contribution in [0.5, 0.6) is 0 Å². The molecule has 0 aliphatic carbocycles. The second-order valence-electron chi connectivity index (χ2n) is 5.51. The lowest BCUT2D eigenvalue weighted by Gasteiger charge is -2.01. The molecule has 3 rings (SSSR count). The molecule has 0 saturated heterocycles. The van der Waals surface area contributed by atoms with E-state index in [1.54, 1.807) is 0 Å². The highest BCUT2D eigenvalue weighted by molar-refractivity contribution is 7.15. The number of H-pyrrole nitrogens is 1. The summed E-state index contributed by atoms with van der Waals surface area (Å²) < 4.78 is 0. The van der Waals surface area contributed by atoms with Gasteiger partial charge in [-0.1, -0.05) is 42.9 Å². The summed E-state index contributed by atoms with van der Waals surface area (Å²) in [5.74, 6) is -0.0199. The zero-order valence-electron chi connectivity index (χ0n) is 13.1. The van der Waals surface area contributed by atoms with E-state index in [1.165, 1.54) is 16.7 Å². The number of aromatic amines is 1. The van der Waals surface area contributed by atoms with Crippen LogP contribution in [0, 0.1) is 0 Å². The van der Waals surface area contributed by atoms with Crippen molar-refractivity contribution in [3.8, 4) is 0 Å². The van der Waals surface area contributed by atoms with Crippen molar-refractivity contribution in [2.24, 2.45) is 0 Å². The van der Waals surface area contributed by atoms with Gasteiger partial charge in [0.15, 0.2) is 0 Å². The first-order valence-corrected chi connectivity index (χ1v) is 8.75. The van der Waals surface area contributed by atoms with Gasteiger partial charge in [-0.15, -0.1) is 10.2 Å². The Kier molecular flexibility index (Phi) is 5.02. The van der Waals surface area contributed by atoms with E-state index in [9.17, 15) is 4.79 Å². The molecule has 6 heteroatoms. The number of rotatable bonds is 7. The van der Waals surface area contributed by atoms with Crippen LogP contribution < -0.4 is 5.32 Å². The first kappa shape index (κ1) is 15.7. The predicted molar refractivity (Wildman–Crippen MR) is 93.8 cm³/mol. The molecular formula is C17H20N4OS. The molecule has 0 fully saturated rings. The van der Waals surface area contributed by atoms with Crippen LogP contribution in [0.2, 0.25) is 0 Å². The second-order valence-corrected chi connectivity index (χ2v) is 6.57. The van der Waals surface area contributed by atoms with Gasteiger partial charge >= 0.3 is 0 Å². The number of nitrogens with zero attached hydrogens (tertiary/aromatic N) is 2. The van der Waals surface area contributed by atoms with Crippen LogP contribution in [-0.2, 0) is 17.6 Å². The largest absolute Gasteiger partial charge is 0.361 e. The van der Waals surface area contributed by atoms with Crippen LogP contribution in [-0.4, -0.2) is 21.1 Å². The van der Waals surface area contributed by atoms with Crippen LogP contribution in [0.25, 0.3) is 10.9 Å². The minimum atomic E-state index is -0.0199. The summed E-state index contributed by atoms with van der Waals surface area (Å²) in [5.41, 5.74) is 2.27. The summed E-state index contributed by atoms with van der Waals surface area (Å²) >= 11 is 1.47. The normalized spacial score (nSPS) is 11.0. The molecule has 3 aromatic rings. The molecule has 0 saturated carbocycles. The molecule has 2 aromatic heterocycles. The molecule has 0 spiro atoms. The number of carbonyl (C=O) groups excluding carboxylic acids is 1. The molecule has 23 heavy (non-hydrogen) atoms. The standard InChI is InChI=1S/C17H20N4OS/c1-2-3-8-16-20-21-17(23-16)19-15(22)10-9-12-11-18-14-7-5-4-6-13(12)14/h4-7,11,18H,2-3,8-10H2,1H3,(H,19,21,22). The highest BCUT2D eigenvalue weighted by Gasteiger charge is 2.10. The molecule has 0 atom stereocenters. The molecular weight excluding hydrogens is 308 g/mol. The number of aryl methyl sites for hydroxylation is 2. The van der Waals surface area contributed by atoms with Crippen molar-refractivity contribution in [3.63, 3.8) is 0 Å². The van der Waals surface area contributed by atoms with Gasteiger partial charge in [0, 0.05) is 29.9 Å². The summed E-state index contributed by atoms with van der Waals surface area (Å²) in [5, 5.41) is 13.7. The topological polar surface area (TPSA) is 70.7 Å². The third kappa shape index (κ3) is 3.96. The van der Waals surface area contributed by atoms with E-state index in [2.05, 4.69) is 33.5 Å². The van der Waals surface area contributed by atoms with Crippen molar-refractivity contribution < 1.29 is 4.79 Å². The number of unbranched alkanes of at least 4 members (excludes halogenated alkanes) is 1. The van der Waals surface area contributed by atoms with E-state index < -0.39 is 0 Å². The number of benzene rings is 1. The summed E-state index contributed by atoms with van der Waals surface area (Å²) in [7, 11) is 0. The van der Waals surface area contributed by atoms with Crippen LogP contribution in [0.15, 0.2) is 30.5 Å². The minimum absolute atomic E-state index is 0.0199. The smallest absolute Gasteiger partial charge is 0.226 e. The fraction of sp³-hybridized carbons (Fsp3) is 0.353. The Labute approximate surface area is 139 Å². The van der Waals surface area contributed by atoms with E-state index >= 15 is 0 Å². The summed E-state index contributed by atoms with van der Waals surface area (Å²) in [6, 6.07) is 8.13. The third-order valence-electron chi connectivity index (χ3n) is 3.75. The number of carbonyl (C=O) groups is 1. The van der Waals surface area contributed by atoms with E-state index in [0.29, 0.717) is 18.0 Å². The number of amides is 1. The third-order valence-corrected chi connectivity index (χ3v) is 4.65. The van der Waals surface area contributed by atoms with Crippen molar-refractivity contribution in [2.75, 3.05) is 5.32 Å². The quantitative estimate of drug-likeness (QED) is 0.690. The number of fused-ring (bicyclic) bond motifs is 1. The number of nitrogens with one attached hydrogen (secondary N) is 2. The molecule has 1 amide bonds. The Morgan fingerprint density at radius 2 is 2.13 bits per heavy atom. The van der Waals surface area contributed by atoms with E-state index in [1.807, 2.05) is 24.4 Å². The molecule has 5 nitrogen and oxygen atoms in total.